The maximum Gasteiger partial charge on any atom is 0.0605 e. The Morgan fingerprint density at radius 1 is 1.45 bits per heavy atom. The van der Waals surface area contributed by atoms with Crippen LogP contribution in [0.25, 0.3) is 0 Å². The average molecular weight is 152 g/mol. The van der Waals surface area contributed by atoms with Gasteiger partial charge in [0, 0.05) is 6.20 Å². The lowest BCUT2D eigenvalue weighted by atomic mass is 10.1. The van der Waals surface area contributed by atoms with Crippen LogP contribution in [0, 0.1) is 5.92 Å². The van der Waals surface area contributed by atoms with E-state index < -0.39 is 0 Å². The number of hydrogen-bond donors (Lipinski definition) is 0. The van der Waals surface area contributed by atoms with Crippen molar-refractivity contribution in [2.24, 2.45) is 16.1 Å². The maximum atomic E-state index is 3.94. The Labute approximate surface area is 68.7 Å². The van der Waals surface area contributed by atoms with Gasteiger partial charge in [-0.25, -0.2) is 0 Å². The summed E-state index contributed by atoms with van der Waals surface area (Å²) in [6, 6.07) is 0. The topological polar surface area (TPSA) is 24.7 Å². The second kappa shape index (κ2) is 7.19. The Kier molecular flexibility index (Phi) is 6.59. The first kappa shape index (κ1) is 10.1. The van der Waals surface area contributed by atoms with Gasteiger partial charge in [-0.1, -0.05) is 26.5 Å². The highest BCUT2D eigenvalue weighted by molar-refractivity contribution is 4.95. The minimum atomic E-state index is 0.706. The van der Waals surface area contributed by atoms with Crippen molar-refractivity contribution >= 4 is 0 Å². The fourth-order valence-electron chi connectivity index (χ4n) is 0.520. The Hall–Kier alpha value is -0.920. The molecule has 0 aromatic carbocycles. The van der Waals surface area contributed by atoms with Crippen molar-refractivity contribution in [3.63, 3.8) is 0 Å². The number of allylic oxidation sites excluding steroid dienone is 2. The summed E-state index contributed by atoms with van der Waals surface area (Å²) < 4.78 is 0. The molecule has 0 N–H and O–H groups in total. The Bertz CT molecular complexity index is 146. The van der Waals surface area contributed by atoms with Crippen LogP contribution in [0.4, 0.5) is 0 Å². The third-order valence-electron chi connectivity index (χ3n) is 1.18. The van der Waals surface area contributed by atoms with Gasteiger partial charge in [0.15, 0.2) is 0 Å². The highest BCUT2D eigenvalue weighted by atomic mass is 15.1. The van der Waals surface area contributed by atoms with E-state index in [1.807, 2.05) is 0 Å². The standard InChI is InChI=1S/C9H16N2/c1-4-5-7-10-11-8-6-9(2)3/h4-5,7,9H,1,6,8H2,2-3H3/b7-5-,11-10?. The van der Waals surface area contributed by atoms with Crippen LogP contribution in [-0.4, -0.2) is 6.54 Å². The van der Waals surface area contributed by atoms with E-state index in [2.05, 4.69) is 30.7 Å². The number of nitrogens with zero attached hydrogens (tertiary/aromatic N) is 2. The first-order valence-electron chi connectivity index (χ1n) is 3.91. The molecule has 0 rings (SSSR count). The zero-order chi connectivity index (χ0) is 8.53. The van der Waals surface area contributed by atoms with Crippen molar-refractivity contribution in [2.45, 2.75) is 20.3 Å². The van der Waals surface area contributed by atoms with Crippen molar-refractivity contribution < 1.29 is 0 Å². The van der Waals surface area contributed by atoms with Gasteiger partial charge in [-0.05, 0) is 18.4 Å². The summed E-state index contributed by atoms with van der Waals surface area (Å²) in [5.41, 5.74) is 0. The molecule has 0 amide bonds. The number of azo groups is 1. The van der Waals surface area contributed by atoms with E-state index in [0.29, 0.717) is 5.92 Å². The van der Waals surface area contributed by atoms with Gasteiger partial charge >= 0.3 is 0 Å². The van der Waals surface area contributed by atoms with Gasteiger partial charge in [-0.3, -0.25) is 0 Å². The maximum absolute atomic E-state index is 3.94. The molecule has 0 radical (unpaired) electrons. The van der Waals surface area contributed by atoms with Gasteiger partial charge < -0.3 is 0 Å². The van der Waals surface area contributed by atoms with Crippen LogP contribution in [0.5, 0.6) is 0 Å². The lowest BCUT2D eigenvalue weighted by Gasteiger charge is -1.96. The monoisotopic (exact) mass is 152 g/mol. The second-order valence-corrected chi connectivity index (χ2v) is 2.74. The quantitative estimate of drug-likeness (QED) is 0.427. The molecule has 0 bridgehead atoms. The first-order valence-corrected chi connectivity index (χ1v) is 3.91. The van der Waals surface area contributed by atoms with Gasteiger partial charge in [0.05, 0.1) is 6.54 Å². The van der Waals surface area contributed by atoms with E-state index in [4.69, 9.17) is 0 Å². The van der Waals surface area contributed by atoms with Crippen molar-refractivity contribution in [2.75, 3.05) is 6.54 Å². The van der Waals surface area contributed by atoms with Crippen molar-refractivity contribution in [1.82, 2.24) is 0 Å². The third-order valence-corrected chi connectivity index (χ3v) is 1.18. The minimum Gasteiger partial charge on any atom is -0.189 e. The van der Waals surface area contributed by atoms with Crippen LogP contribution in [0.1, 0.15) is 20.3 Å². The molecule has 0 aliphatic rings. The predicted molar refractivity (Wildman–Crippen MR) is 48.5 cm³/mol. The van der Waals surface area contributed by atoms with Crippen molar-refractivity contribution in [3.8, 4) is 0 Å². The Morgan fingerprint density at radius 3 is 2.73 bits per heavy atom. The zero-order valence-corrected chi connectivity index (χ0v) is 7.33. The second-order valence-electron chi connectivity index (χ2n) is 2.74. The molecule has 2 heteroatoms. The smallest absolute Gasteiger partial charge is 0.0605 e. The van der Waals surface area contributed by atoms with Crippen LogP contribution in [-0.2, 0) is 0 Å². The minimum absolute atomic E-state index is 0.706. The molecule has 62 valence electrons. The molecule has 11 heavy (non-hydrogen) atoms. The fourth-order valence-corrected chi connectivity index (χ4v) is 0.520. The van der Waals surface area contributed by atoms with E-state index in [-0.39, 0.29) is 0 Å². The highest BCUT2D eigenvalue weighted by Gasteiger charge is 1.89. The molecule has 0 aromatic rings. The molecule has 0 saturated heterocycles. The van der Waals surface area contributed by atoms with Crippen LogP contribution < -0.4 is 0 Å². The molecule has 0 heterocycles. The summed E-state index contributed by atoms with van der Waals surface area (Å²) in [4.78, 5) is 0. The fraction of sp³-hybridized carbons (Fsp3) is 0.556. The van der Waals surface area contributed by atoms with Gasteiger partial charge in [-0.2, -0.15) is 10.2 Å². The van der Waals surface area contributed by atoms with E-state index in [9.17, 15) is 0 Å². The normalized spacial score (nSPS) is 11.9. The van der Waals surface area contributed by atoms with Crippen LogP contribution in [0.3, 0.4) is 0 Å². The molecular formula is C9H16N2. The molecule has 0 fully saturated rings. The van der Waals surface area contributed by atoms with Crippen LogP contribution in [0.15, 0.2) is 35.2 Å². The third kappa shape index (κ3) is 9.08. The summed E-state index contributed by atoms with van der Waals surface area (Å²) in [5.74, 6) is 0.706. The average Bonchev–Trinajstić information content (AvgIpc) is 1.96. The predicted octanol–water partition coefficient (Wildman–Crippen LogP) is 3.18. The van der Waals surface area contributed by atoms with Gasteiger partial charge in [0.1, 0.15) is 0 Å². The summed E-state index contributed by atoms with van der Waals surface area (Å²) >= 11 is 0. The Morgan fingerprint density at radius 2 is 2.18 bits per heavy atom. The Balaban J connectivity index is 3.30. The zero-order valence-electron chi connectivity index (χ0n) is 7.33. The van der Waals surface area contributed by atoms with Gasteiger partial charge in [0.2, 0.25) is 0 Å². The molecule has 0 saturated carbocycles. The van der Waals surface area contributed by atoms with E-state index in [1.165, 1.54) is 0 Å². The van der Waals surface area contributed by atoms with Gasteiger partial charge in [0.25, 0.3) is 0 Å². The largest absolute Gasteiger partial charge is 0.189 e. The summed E-state index contributed by atoms with van der Waals surface area (Å²) in [7, 11) is 0. The first-order chi connectivity index (χ1) is 5.27. The lowest BCUT2D eigenvalue weighted by Crippen LogP contribution is -1.88. The van der Waals surface area contributed by atoms with Crippen molar-refractivity contribution in [3.05, 3.63) is 24.9 Å². The summed E-state index contributed by atoms with van der Waals surface area (Å²) in [6.45, 7) is 8.69. The van der Waals surface area contributed by atoms with E-state index >= 15 is 0 Å². The van der Waals surface area contributed by atoms with E-state index in [1.54, 1.807) is 18.4 Å². The molecule has 0 atom stereocenters. The summed E-state index contributed by atoms with van der Waals surface area (Å²) in [6.07, 6.45) is 6.19. The van der Waals surface area contributed by atoms with Crippen LogP contribution in [0.2, 0.25) is 0 Å². The molecule has 0 aromatic heterocycles. The lowest BCUT2D eigenvalue weighted by molar-refractivity contribution is 0.589. The molecule has 0 aliphatic heterocycles. The van der Waals surface area contributed by atoms with Gasteiger partial charge in [-0.15, -0.1) is 0 Å². The summed E-state index contributed by atoms with van der Waals surface area (Å²) in [5, 5.41) is 7.75. The van der Waals surface area contributed by atoms with Crippen LogP contribution >= 0.6 is 0 Å². The molecular weight excluding hydrogens is 136 g/mol. The van der Waals surface area contributed by atoms with Crippen molar-refractivity contribution in [1.29, 1.82) is 0 Å². The highest BCUT2D eigenvalue weighted by Crippen LogP contribution is 1.98. The number of rotatable bonds is 5. The SMILES string of the molecule is C=C/C=C\N=NCCC(C)C. The number of hydrogen-bond acceptors (Lipinski definition) is 2. The molecule has 0 aliphatic carbocycles. The molecule has 0 spiro atoms. The molecule has 0 unspecified atom stereocenters. The molecule has 2 nitrogen and oxygen atoms in total. The van der Waals surface area contributed by atoms with E-state index in [0.717, 1.165) is 13.0 Å².